The summed E-state index contributed by atoms with van der Waals surface area (Å²) >= 11 is 0. The van der Waals surface area contributed by atoms with E-state index in [0.717, 1.165) is 19.4 Å². The first-order valence-electron chi connectivity index (χ1n) is 5.96. The van der Waals surface area contributed by atoms with E-state index in [9.17, 15) is 18.5 Å². The van der Waals surface area contributed by atoms with Crippen molar-refractivity contribution in [1.82, 2.24) is 10.0 Å². The van der Waals surface area contributed by atoms with Crippen LogP contribution in [0.2, 0.25) is 0 Å². The van der Waals surface area contributed by atoms with Crippen LogP contribution in [0.4, 0.5) is 5.69 Å². The summed E-state index contributed by atoms with van der Waals surface area (Å²) in [6, 6.07) is 4.74. The first-order valence-corrected chi connectivity index (χ1v) is 7.45. The Balaban J connectivity index is 0.00000200. The van der Waals surface area contributed by atoms with Gasteiger partial charge in [-0.3, -0.25) is 10.1 Å². The molecular weight excluding hydrogens is 306 g/mol. The lowest BCUT2D eigenvalue weighted by molar-refractivity contribution is -0.384. The number of sulfonamides is 1. The smallest absolute Gasteiger partial charge is 0.269 e. The molecule has 0 saturated carbocycles. The highest BCUT2D eigenvalue weighted by atomic mass is 35.5. The minimum absolute atomic E-state index is 0. The van der Waals surface area contributed by atoms with E-state index in [1.165, 1.54) is 24.3 Å². The molecule has 112 valence electrons. The maximum Gasteiger partial charge on any atom is 0.269 e. The topological polar surface area (TPSA) is 101 Å². The zero-order valence-electron chi connectivity index (χ0n) is 10.6. The summed E-state index contributed by atoms with van der Waals surface area (Å²) in [5.41, 5.74) is -0.127. The minimum Gasteiger partial charge on any atom is -0.315 e. The molecule has 1 aromatic carbocycles. The molecule has 1 aliphatic rings. The molecule has 7 nitrogen and oxygen atoms in total. The van der Waals surface area contributed by atoms with E-state index in [4.69, 9.17) is 0 Å². The highest BCUT2D eigenvalue weighted by Gasteiger charge is 2.22. The highest BCUT2D eigenvalue weighted by molar-refractivity contribution is 7.89. The molecule has 1 aliphatic heterocycles. The second kappa shape index (κ2) is 6.98. The molecule has 0 bridgehead atoms. The van der Waals surface area contributed by atoms with Gasteiger partial charge in [-0.05, 0) is 31.5 Å². The number of rotatable bonds is 4. The van der Waals surface area contributed by atoms with Crippen molar-refractivity contribution in [2.75, 3.05) is 13.1 Å². The summed E-state index contributed by atoms with van der Waals surface area (Å²) in [6.07, 6.45) is 1.71. The van der Waals surface area contributed by atoms with Gasteiger partial charge in [-0.1, -0.05) is 0 Å². The molecule has 1 fully saturated rings. The normalized spacial score (nSPS) is 19.1. The maximum absolute atomic E-state index is 12.1. The SMILES string of the molecule is Cl.O=[N+]([O-])c1ccc(S(=O)(=O)NC2CCCNC2)cc1. The molecule has 0 spiro atoms. The Hall–Kier alpha value is -1.22. The second-order valence-corrected chi connectivity index (χ2v) is 6.13. The molecular formula is C11H16ClN3O4S. The van der Waals surface area contributed by atoms with Crippen molar-refractivity contribution in [1.29, 1.82) is 0 Å². The third kappa shape index (κ3) is 4.14. The standard InChI is InChI=1S/C11H15N3O4S.ClH/c15-14(16)10-3-5-11(6-4-10)19(17,18)13-9-2-1-7-12-8-9;/h3-6,9,12-13H,1-2,7-8H2;1H. The van der Waals surface area contributed by atoms with Crippen LogP contribution in [-0.4, -0.2) is 32.5 Å². The largest absolute Gasteiger partial charge is 0.315 e. The van der Waals surface area contributed by atoms with Crippen molar-refractivity contribution in [2.45, 2.75) is 23.8 Å². The van der Waals surface area contributed by atoms with Crippen molar-refractivity contribution in [3.05, 3.63) is 34.4 Å². The van der Waals surface area contributed by atoms with Gasteiger partial charge < -0.3 is 5.32 Å². The van der Waals surface area contributed by atoms with E-state index in [0.29, 0.717) is 6.54 Å². The van der Waals surface area contributed by atoms with Gasteiger partial charge in [0.25, 0.3) is 5.69 Å². The molecule has 1 heterocycles. The number of nitro benzene ring substituents is 1. The molecule has 0 aliphatic carbocycles. The van der Waals surface area contributed by atoms with Crippen LogP contribution in [0.5, 0.6) is 0 Å². The summed E-state index contributed by atoms with van der Waals surface area (Å²) in [6.45, 7) is 1.50. The number of hydrogen-bond donors (Lipinski definition) is 2. The van der Waals surface area contributed by atoms with E-state index < -0.39 is 14.9 Å². The number of non-ortho nitro benzene ring substituents is 1. The van der Waals surface area contributed by atoms with Gasteiger partial charge in [0.2, 0.25) is 10.0 Å². The fourth-order valence-corrected chi connectivity index (χ4v) is 3.26. The zero-order chi connectivity index (χ0) is 13.9. The molecule has 1 aromatic rings. The molecule has 0 aromatic heterocycles. The Morgan fingerprint density at radius 3 is 2.45 bits per heavy atom. The lowest BCUT2D eigenvalue weighted by atomic mass is 10.1. The molecule has 9 heteroatoms. The maximum atomic E-state index is 12.1. The van der Waals surface area contributed by atoms with Crippen LogP contribution in [-0.2, 0) is 10.0 Å². The van der Waals surface area contributed by atoms with Gasteiger partial charge in [0.05, 0.1) is 9.82 Å². The average molecular weight is 322 g/mol. The predicted molar refractivity (Wildman–Crippen MR) is 76.6 cm³/mol. The van der Waals surface area contributed by atoms with Gasteiger partial charge in [0, 0.05) is 24.7 Å². The van der Waals surface area contributed by atoms with Gasteiger partial charge in [-0.2, -0.15) is 0 Å². The monoisotopic (exact) mass is 321 g/mol. The Morgan fingerprint density at radius 1 is 1.30 bits per heavy atom. The molecule has 20 heavy (non-hydrogen) atoms. The molecule has 0 amide bonds. The van der Waals surface area contributed by atoms with Gasteiger partial charge in [0.15, 0.2) is 0 Å². The lowest BCUT2D eigenvalue weighted by Crippen LogP contribution is -2.45. The van der Waals surface area contributed by atoms with Crippen LogP contribution in [0.1, 0.15) is 12.8 Å². The van der Waals surface area contributed by atoms with Crippen LogP contribution in [0.25, 0.3) is 0 Å². The Bertz CT molecular complexity index is 556. The fourth-order valence-electron chi connectivity index (χ4n) is 1.99. The first kappa shape index (κ1) is 16.8. The van der Waals surface area contributed by atoms with E-state index in [2.05, 4.69) is 10.0 Å². The summed E-state index contributed by atoms with van der Waals surface area (Å²) < 4.78 is 26.7. The van der Waals surface area contributed by atoms with E-state index in [1.54, 1.807) is 0 Å². The molecule has 2 N–H and O–H groups in total. The van der Waals surface area contributed by atoms with E-state index >= 15 is 0 Å². The number of hydrogen-bond acceptors (Lipinski definition) is 5. The molecule has 1 atom stereocenters. The van der Waals surface area contributed by atoms with Crippen molar-refractivity contribution >= 4 is 28.1 Å². The Morgan fingerprint density at radius 2 is 1.95 bits per heavy atom. The van der Waals surface area contributed by atoms with Crippen molar-refractivity contribution in [2.24, 2.45) is 0 Å². The van der Waals surface area contributed by atoms with Crippen LogP contribution < -0.4 is 10.0 Å². The molecule has 0 radical (unpaired) electrons. The molecule has 1 unspecified atom stereocenters. The summed E-state index contributed by atoms with van der Waals surface area (Å²) in [5.74, 6) is 0. The second-order valence-electron chi connectivity index (χ2n) is 4.42. The zero-order valence-corrected chi connectivity index (χ0v) is 12.2. The number of benzene rings is 1. The predicted octanol–water partition coefficient (Wildman–Crippen LogP) is 1.05. The highest BCUT2D eigenvalue weighted by Crippen LogP contribution is 2.16. The fraction of sp³-hybridized carbons (Fsp3) is 0.455. The van der Waals surface area contributed by atoms with Crippen molar-refractivity contribution in [3.8, 4) is 0 Å². The van der Waals surface area contributed by atoms with Gasteiger partial charge in [-0.25, -0.2) is 13.1 Å². The number of piperidine rings is 1. The third-order valence-corrected chi connectivity index (χ3v) is 4.51. The number of nitrogens with zero attached hydrogens (tertiary/aromatic N) is 1. The van der Waals surface area contributed by atoms with Crippen molar-refractivity contribution in [3.63, 3.8) is 0 Å². The summed E-state index contributed by atoms with van der Waals surface area (Å²) in [7, 11) is -3.61. The summed E-state index contributed by atoms with van der Waals surface area (Å²) in [5, 5.41) is 13.6. The van der Waals surface area contributed by atoms with Crippen LogP contribution in [0, 0.1) is 10.1 Å². The Labute approximate surface area is 123 Å². The van der Waals surface area contributed by atoms with Gasteiger partial charge in [-0.15, -0.1) is 12.4 Å². The first-order chi connectivity index (χ1) is 8.99. The average Bonchev–Trinajstić information content (AvgIpc) is 2.39. The molecule has 1 saturated heterocycles. The van der Waals surface area contributed by atoms with Crippen LogP contribution >= 0.6 is 12.4 Å². The van der Waals surface area contributed by atoms with E-state index in [-0.39, 0.29) is 29.0 Å². The minimum atomic E-state index is -3.61. The molecule has 2 rings (SSSR count). The summed E-state index contributed by atoms with van der Waals surface area (Å²) in [4.78, 5) is 10.00. The van der Waals surface area contributed by atoms with E-state index in [1.807, 2.05) is 0 Å². The van der Waals surface area contributed by atoms with Crippen molar-refractivity contribution < 1.29 is 13.3 Å². The van der Waals surface area contributed by atoms with Crippen LogP contribution in [0.15, 0.2) is 29.2 Å². The number of nitrogens with one attached hydrogen (secondary N) is 2. The van der Waals surface area contributed by atoms with Gasteiger partial charge in [0.1, 0.15) is 0 Å². The number of nitro groups is 1. The third-order valence-electron chi connectivity index (χ3n) is 2.98. The number of halogens is 1. The van der Waals surface area contributed by atoms with Crippen LogP contribution in [0.3, 0.4) is 0 Å². The Kier molecular flexibility index (Phi) is 5.88. The quantitative estimate of drug-likeness (QED) is 0.637. The lowest BCUT2D eigenvalue weighted by Gasteiger charge is -2.23. The van der Waals surface area contributed by atoms with Gasteiger partial charge >= 0.3 is 0 Å².